The van der Waals surface area contributed by atoms with Gasteiger partial charge in [-0.15, -0.1) is 0 Å². The second-order valence-corrected chi connectivity index (χ2v) is 4.84. The fourth-order valence-electron chi connectivity index (χ4n) is 1.88. The molecule has 0 saturated carbocycles. The van der Waals surface area contributed by atoms with Gasteiger partial charge in [0.05, 0.1) is 0 Å². The molecule has 4 nitrogen and oxygen atoms in total. The number of hydrogen-bond acceptors (Lipinski definition) is 3. The summed E-state index contributed by atoms with van der Waals surface area (Å²) in [5.41, 5.74) is 0. The van der Waals surface area contributed by atoms with E-state index < -0.39 is 0 Å². The van der Waals surface area contributed by atoms with E-state index in [1.807, 2.05) is 4.90 Å². The minimum Gasteiger partial charge on any atom is -0.375 e. The SMILES string of the molecule is COCC(=O)N1CCN(CCC(C)C)CC1. The summed E-state index contributed by atoms with van der Waals surface area (Å²) < 4.78 is 4.86. The van der Waals surface area contributed by atoms with Crippen molar-refractivity contribution < 1.29 is 9.53 Å². The summed E-state index contributed by atoms with van der Waals surface area (Å²) in [6, 6.07) is 0. The summed E-state index contributed by atoms with van der Waals surface area (Å²) in [5, 5.41) is 0. The van der Waals surface area contributed by atoms with Crippen LogP contribution in [0, 0.1) is 5.92 Å². The van der Waals surface area contributed by atoms with Gasteiger partial charge in [-0.3, -0.25) is 9.69 Å². The third-order valence-corrected chi connectivity index (χ3v) is 3.02. The number of amides is 1. The molecule has 1 heterocycles. The minimum atomic E-state index is 0.117. The van der Waals surface area contributed by atoms with Crippen molar-refractivity contribution in [1.82, 2.24) is 9.80 Å². The van der Waals surface area contributed by atoms with Crippen molar-refractivity contribution >= 4 is 5.91 Å². The maximum atomic E-state index is 11.6. The van der Waals surface area contributed by atoms with Crippen molar-refractivity contribution in [2.24, 2.45) is 5.92 Å². The quantitative estimate of drug-likeness (QED) is 0.698. The zero-order valence-electron chi connectivity index (χ0n) is 10.7. The van der Waals surface area contributed by atoms with Gasteiger partial charge in [-0.2, -0.15) is 0 Å². The highest BCUT2D eigenvalue weighted by molar-refractivity contribution is 5.77. The molecule has 0 spiro atoms. The lowest BCUT2D eigenvalue weighted by atomic mass is 10.1. The Bertz CT molecular complexity index is 211. The van der Waals surface area contributed by atoms with E-state index in [2.05, 4.69) is 18.7 Å². The number of piperazine rings is 1. The van der Waals surface area contributed by atoms with E-state index in [9.17, 15) is 4.79 Å². The Morgan fingerprint density at radius 2 is 1.88 bits per heavy atom. The van der Waals surface area contributed by atoms with Crippen molar-refractivity contribution in [2.75, 3.05) is 46.4 Å². The van der Waals surface area contributed by atoms with E-state index >= 15 is 0 Å². The molecular weight excluding hydrogens is 204 g/mol. The molecule has 1 aliphatic heterocycles. The highest BCUT2D eigenvalue weighted by atomic mass is 16.5. The molecule has 0 bridgehead atoms. The highest BCUT2D eigenvalue weighted by Gasteiger charge is 2.20. The van der Waals surface area contributed by atoms with Crippen LogP contribution in [0.25, 0.3) is 0 Å². The molecule has 0 aromatic rings. The van der Waals surface area contributed by atoms with Gasteiger partial charge in [0, 0.05) is 33.3 Å². The van der Waals surface area contributed by atoms with Crippen molar-refractivity contribution in [3.8, 4) is 0 Å². The fourth-order valence-corrected chi connectivity index (χ4v) is 1.88. The Morgan fingerprint density at radius 1 is 1.25 bits per heavy atom. The average molecular weight is 228 g/mol. The molecule has 1 aliphatic rings. The lowest BCUT2D eigenvalue weighted by Crippen LogP contribution is -2.49. The molecule has 0 aromatic carbocycles. The number of methoxy groups -OCH3 is 1. The molecule has 94 valence electrons. The maximum Gasteiger partial charge on any atom is 0.248 e. The zero-order chi connectivity index (χ0) is 12.0. The van der Waals surface area contributed by atoms with E-state index in [1.165, 1.54) is 6.42 Å². The lowest BCUT2D eigenvalue weighted by Gasteiger charge is -2.34. The number of nitrogens with zero attached hydrogens (tertiary/aromatic N) is 2. The molecule has 0 radical (unpaired) electrons. The highest BCUT2D eigenvalue weighted by Crippen LogP contribution is 2.06. The van der Waals surface area contributed by atoms with Crippen molar-refractivity contribution in [1.29, 1.82) is 0 Å². The van der Waals surface area contributed by atoms with Crippen LogP contribution in [0.5, 0.6) is 0 Å². The molecule has 1 saturated heterocycles. The average Bonchev–Trinajstić information content (AvgIpc) is 2.27. The Balaban J connectivity index is 2.20. The van der Waals surface area contributed by atoms with Gasteiger partial charge < -0.3 is 9.64 Å². The van der Waals surface area contributed by atoms with Gasteiger partial charge in [-0.1, -0.05) is 13.8 Å². The molecule has 4 heteroatoms. The van der Waals surface area contributed by atoms with Crippen LogP contribution in [0.15, 0.2) is 0 Å². The minimum absolute atomic E-state index is 0.117. The van der Waals surface area contributed by atoms with Crippen LogP contribution < -0.4 is 0 Å². The normalized spacial score (nSPS) is 18.1. The van der Waals surface area contributed by atoms with Gasteiger partial charge in [0.2, 0.25) is 5.91 Å². The third kappa shape index (κ3) is 4.49. The molecule has 0 aliphatic carbocycles. The molecule has 0 atom stereocenters. The van der Waals surface area contributed by atoms with Gasteiger partial charge in [0.25, 0.3) is 0 Å². The van der Waals surface area contributed by atoms with Crippen molar-refractivity contribution in [3.63, 3.8) is 0 Å². The first-order chi connectivity index (χ1) is 7.63. The van der Waals surface area contributed by atoms with Gasteiger partial charge in [0.15, 0.2) is 0 Å². The standard InChI is InChI=1S/C12H24N2O2/c1-11(2)4-5-13-6-8-14(9-7-13)12(15)10-16-3/h11H,4-10H2,1-3H3. The Kier molecular flexibility index (Phi) is 5.77. The van der Waals surface area contributed by atoms with Crippen molar-refractivity contribution in [2.45, 2.75) is 20.3 Å². The molecular formula is C12H24N2O2. The van der Waals surface area contributed by atoms with E-state index in [1.54, 1.807) is 7.11 Å². The van der Waals surface area contributed by atoms with Crippen LogP contribution in [0.3, 0.4) is 0 Å². The topological polar surface area (TPSA) is 32.8 Å². The summed E-state index contributed by atoms with van der Waals surface area (Å²) in [7, 11) is 1.57. The van der Waals surface area contributed by atoms with Gasteiger partial charge in [-0.25, -0.2) is 0 Å². The molecule has 0 N–H and O–H groups in total. The molecule has 16 heavy (non-hydrogen) atoms. The van der Waals surface area contributed by atoms with Crippen molar-refractivity contribution in [3.05, 3.63) is 0 Å². The van der Waals surface area contributed by atoms with Crippen LogP contribution in [-0.4, -0.2) is 62.1 Å². The first-order valence-electron chi connectivity index (χ1n) is 6.12. The zero-order valence-corrected chi connectivity index (χ0v) is 10.7. The molecule has 1 fully saturated rings. The molecule has 0 aromatic heterocycles. The predicted molar refractivity (Wildman–Crippen MR) is 64.4 cm³/mol. The largest absolute Gasteiger partial charge is 0.375 e. The summed E-state index contributed by atoms with van der Waals surface area (Å²) in [6.45, 7) is 9.57. The molecule has 1 amide bonds. The lowest BCUT2D eigenvalue weighted by molar-refractivity contribution is -0.136. The van der Waals surface area contributed by atoms with Gasteiger partial charge in [0.1, 0.15) is 6.61 Å². The van der Waals surface area contributed by atoms with Crippen LogP contribution >= 0.6 is 0 Å². The third-order valence-electron chi connectivity index (χ3n) is 3.02. The molecule has 0 unspecified atom stereocenters. The maximum absolute atomic E-state index is 11.6. The van der Waals surface area contributed by atoms with Crippen LogP contribution in [0.2, 0.25) is 0 Å². The van der Waals surface area contributed by atoms with Crippen LogP contribution in [0.1, 0.15) is 20.3 Å². The first kappa shape index (κ1) is 13.5. The second-order valence-electron chi connectivity index (χ2n) is 4.84. The van der Waals surface area contributed by atoms with E-state index in [0.717, 1.165) is 38.6 Å². The van der Waals surface area contributed by atoms with E-state index in [4.69, 9.17) is 4.74 Å². The Morgan fingerprint density at radius 3 is 2.38 bits per heavy atom. The summed E-state index contributed by atoms with van der Waals surface area (Å²) in [6.07, 6.45) is 1.24. The Labute approximate surface area is 98.5 Å². The number of carbonyl (C=O) groups excluding carboxylic acids is 1. The summed E-state index contributed by atoms with van der Waals surface area (Å²) >= 11 is 0. The smallest absolute Gasteiger partial charge is 0.248 e. The number of carbonyl (C=O) groups is 1. The second kappa shape index (κ2) is 6.86. The first-order valence-corrected chi connectivity index (χ1v) is 6.12. The van der Waals surface area contributed by atoms with Crippen LogP contribution in [-0.2, 0) is 9.53 Å². The van der Waals surface area contributed by atoms with E-state index in [-0.39, 0.29) is 12.5 Å². The number of ether oxygens (including phenoxy) is 1. The van der Waals surface area contributed by atoms with Gasteiger partial charge >= 0.3 is 0 Å². The monoisotopic (exact) mass is 228 g/mol. The van der Waals surface area contributed by atoms with E-state index in [0.29, 0.717) is 0 Å². The molecule has 1 rings (SSSR count). The number of rotatable bonds is 5. The predicted octanol–water partition coefficient (Wildman–Crippen LogP) is 0.823. The Hall–Kier alpha value is -0.610. The number of hydrogen-bond donors (Lipinski definition) is 0. The van der Waals surface area contributed by atoms with Crippen LogP contribution in [0.4, 0.5) is 0 Å². The van der Waals surface area contributed by atoms with Gasteiger partial charge in [-0.05, 0) is 18.9 Å². The summed E-state index contributed by atoms with van der Waals surface area (Å²) in [4.78, 5) is 15.9. The fraction of sp³-hybridized carbons (Fsp3) is 0.917. The summed E-state index contributed by atoms with van der Waals surface area (Å²) in [5.74, 6) is 0.874.